The van der Waals surface area contributed by atoms with E-state index >= 15 is 0 Å². The zero-order valence-electron chi connectivity index (χ0n) is 27.7. The van der Waals surface area contributed by atoms with Crippen molar-refractivity contribution in [2.75, 3.05) is 23.7 Å². The second kappa shape index (κ2) is 15.8. The monoisotopic (exact) mass is 684 g/mol. The molecule has 1 aromatic heterocycles. The number of para-hydroxylation sites is 1. The van der Waals surface area contributed by atoms with Crippen LogP contribution in [0.15, 0.2) is 47.5 Å². The number of aryl methyl sites for hydroxylation is 1. The highest BCUT2D eigenvalue weighted by atomic mass is 35.5. The Morgan fingerprint density at radius 3 is 2.38 bits per heavy atom. The number of hydrogen-bond acceptors (Lipinski definition) is 9. The van der Waals surface area contributed by atoms with Crippen LogP contribution in [0.1, 0.15) is 83.3 Å². The molecule has 1 fully saturated rings. The highest BCUT2D eigenvalue weighted by molar-refractivity contribution is 7.92. The van der Waals surface area contributed by atoms with Crippen LogP contribution < -0.4 is 21.1 Å². The zero-order chi connectivity index (χ0) is 34.3. The summed E-state index contributed by atoms with van der Waals surface area (Å²) >= 11 is 6.45. The minimum Gasteiger partial charge on any atom is -0.489 e. The zero-order valence-corrected chi connectivity index (χ0v) is 29.2. The number of amides is 2. The molecule has 3 aromatic rings. The van der Waals surface area contributed by atoms with Gasteiger partial charge in [0.05, 0.1) is 33.8 Å². The Morgan fingerprint density at radius 2 is 1.72 bits per heavy atom. The quantitative estimate of drug-likeness (QED) is 0.158. The molecule has 2 heterocycles. The molecule has 0 atom stereocenters. The summed E-state index contributed by atoms with van der Waals surface area (Å²) in [5, 5.41) is 5.99. The molecular weight excluding hydrogens is 640 g/mol. The first-order valence-corrected chi connectivity index (χ1v) is 18.0. The molecule has 0 spiro atoms. The predicted octanol–water partition coefficient (Wildman–Crippen LogP) is 6.65. The summed E-state index contributed by atoms with van der Waals surface area (Å²) in [5.41, 5.74) is 8.49. The number of ether oxygens (including phenoxy) is 1. The third-order valence-corrected chi connectivity index (χ3v) is 10.6. The van der Waals surface area contributed by atoms with Crippen molar-refractivity contribution in [1.82, 2.24) is 14.9 Å². The normalized spacial score (nSPS) is 14.0. The third kappa shape index (κ3) is 9.35. The lowest BCUT2D eigenvalue weighted by Gasteiger charge is -2.33. The van der Waals surface area contributed by atoms with Crippen LogP contribution in [0.25, 0.3) is 0 Å². The number of nitrogens with two attached hydrogens (primary N) is 1. The minimum atomic E-state index is -3.56. The van der Waals surface area contributed by atoms with Gasteiger partial charge < -0.3 is 26.0 Å². The van der Waals surface area contributed by atoms with Crippen LogP contribution in [0.4, 0.5) is 23.1 Å². The summed E-state index contributed by atoms with van der Waals surface area (Å²) in [7, 11) is -3.56. The molecule has 2 amide bonds. The number of aromatic nitrogens is 2. The maximum Gasteiger partial charge on any atom is 0.229 e. The highest BCUT2D eigenvalue weighted by Crippen LogP contribution is 2.38. The molecule has 0 aliphatic carbocycles. The van der Waals surface area contributed by atoms with E-state index in [-0.39, 0.29) is 45.5 Å². The van der Waals surface area contributed by atoms with Crippen molar-refractivity contribution in [3.05, 3.63) is 58.7 Å². The Hall–Kier alpha value is -3.90. The molecule has 11 nitrogen and oxygen atoms in total. The largest absolute Gasteiger partial charge is 0.489 e. The number of unbranched alkanes of at least 4 members (excludes halogenated alkanes) is 1. The van der Waals surface area contributed by atoms with Gasteiger partial charge in [-0.25, -0.2) is 13.4 Å². The summed E-state index contributed by atoms with van der Waals surface area (Å²) in [6.45, 7) is 10.6. The van der Waals surface area contributed by atoms with E-state index in [2.05, 4.69) is 33.6 Å². The number of rotatable bonds is 14. The Balaban J connectivity index is 1.52. The van der Waals surface area contributed by atoms with Gasteiger partial charge in [-0.2, -0.15) is 4.98 Å². The molecule has 1 saturated heterocycles. The van der Waals surface area contributed by atoms with E-state index in [0.29, 0.717) is 55.9 Å². The summed E-state index contributed by atoms with van der Waals surface area (Å²) in [6, 6.07) is 10.7. The highest BCUT2D eigenvalue weighted by Gasteiger charge is 2.26. The van der Waals surface area contributed by atoms with E-state index in [1.54, 1.807) is 38.1 Å². The van der Waals surface area contributed by atoms with Crippen molar-refractivity contribution in [2.24, 2.45) is 5.73 Å². The number of nitrogens with one attached hydrogen (secondary N) is 2. The van der Waals surface area contributed by atoms with Crippen molar-refractivity contribution in [3.63, 3.8) is 0 Å². The topological polar surface area (TPSA) is 157 Å². The standard InChI is InChI=1S/C34H45ClN6O5S/c1-21(2)46-29-19-25(24-14-16-41(17-15-24)32(43)13-9-8-12-31(36)42)23(5)18-28(29)39-34-37-20-26(35)33(40-34)38-27-10-6-7-11-30(27)47(44,45)22(3)4/h6-7,10-11,18-22,24H,8-9,12-17H2,1-5H3,(H2,36,42)(H2,37,38,39,40). The summed E-state index contributed by atoms with van der Waals surface area (Å²) in [6.07, 6.45) is 5.06. The van der Waals surface area contributed by atoms with Crippen molar-refractivity contribution in [1.29, 1.82) is 0 Å². The molecule has 2 aromatic carbocycles. The van der Waals surface area contributed by atoms with E-state index in [1.165, 1.54) is 11.8 Å². The van der Waals surface area contributed by atoms with E-state index in [0.717, 1.165) is 18.4 Å². The van der Waals surface area contributed by atoms with Gasteiger partial charge in [0, 0.05) is 25.9 Å². The van der Waals surface area contributed by atoms with Crippen LogP contribution in [-0.4, -0.2) is 59.5 Å². The van der Waals surface area contributed by atoms with Crippen molar-refractivity contribution in [2.45, 2.75) is 95.3 Å². The van der Waals surface area contributed by atoms with Gasteiger partial charge in [-0.05, 0) is 102 Å². The lowest BCUT2D eigenvalue weighted by Crippen LogP contribution is -2.37. The molecule has 13 heteroatoms. The molecule has 0 bridgehead atoms. The summed E-state index contributed by atoms with van der Waals surface area (Å²) < 4.78 is 32.2. The molecule has 254 valence electrons. The van der Waals surface area contributed by atoms with Gasteiger partial charge in [0.2, 0.25) is 17.8 Å². The number of carbonyl (C=O) groups excluding carboxylic acids is 2. The average molecular weight is 685 g/mol. The van der Waals surface area contributed by atoms with E-state index in [9.17, 15) is 18.0 Å². The molecule has 4 rings (SSSR count). The Bertz CT molecular complexity index is 1690. The number of halogens is 1. The lowest BCUT2D eigenvalue weighted by molar-refractivity contribution is -0.132. The number of anilines is 4. The van der Waals surface area contributed by atoms with Crippen LogP contribution in [0.2, 0.25) is 5.02 Å². The molecular formula is C34H45ClN6O5S. The van der Waals surface area contributed by atoms with Gasteiger partial charge in [-0.1, -0.05) is 23.7 Å². The number of likely N-dealkylation sites (tertiary alicyclic amines) is 1. The maximum atomic E-state index is 13.0. The van der Waals surface area contributed by atoms with E-state index in [1.807, 2.05) is 24.8 Å². The minimum absolute atomic E-state index is 0.0945. The second-order valence-electron chi connectivity index (χ2n) is 12.4. The first-order chi connectivity index (χ1) is 22.3. The molecule has 1 aliphatic heterocycles. The van der Waals surface area contributed by atoms with Gasteiger partial charge >= 0.3 is 0 Å². The fourth-order valence-corrected chi connectivity index (χ4v) is 6.94. The number of primary amides is 1. The lowest BCUT2D eigenvalue weighted by atomic mass is 9.86. The molecule has 1 aliphatic rings. The van der Waals surface area contributed by atoms with Gasteiger partial charge in [0.15, 0.2) is 15.7 Å². The van der Waals surface area contributed by atoms with Crippen LogP contribution in [0.5, 0.6) is 5.75 Å². The first kappa shape index (κ1) is 35.9. The molecule has 4 N–H and O–H groups in total. The third-order valence-electron chi connectivity index (χ3n) is 8.14. The van der Waals surface area contributed by atoms with E-state index in [4.69, 9.17) is 22.1 Å². The SMILES string of the molecule is Cc1cc(Nc2ncc(Cl)c(Nc3ccccc3S(=O)(=O)C(C)C)n2)c(OC(C)C)cc1C1CCN(C(=O)CCCCC(N)=O)CC1. The Kier molecular flexibility index (Phi) is 12.1. The van der Waals surface area contributed by atoms with Gasteiger partial charge in [0.1, 0.15) is 10.8 Å². The average Bonchev–Trinajstić information content (AvgIpc) is 3.02. The van der Waals surface area contributed by atoms with E-state index < -0.39 is 15.1 Å². The van der Waals surface area contributed by atoms with Crippen LogP contribution >= 0.6 is 11.6 Å². The van der Waals surface area contributed by atoms with Gasteiger partial charge in [0.25, 0.3) is 0 Å². The van der Waals surface area contributed by atoms with Crippen molar-refractivity contribution >= 4 is 56.4 Å². The smallest absolute Gasteiger partial charge is 0.229 e. The fraction of sp³-hybridized carbons (Fsp3) is 0.471. The molecule has 0 radical (unpaired) electrons. The molecule has 0 unspecified atom stereocenters. The summed E-state index contributed by atoms with van der Waals surface area (Å²) in [5.74, 6) is 1.21. The molecule has 47 heavy (non-hydrogen) atoms. The van der Waals surface area contributed by atoms with Gasteiger partial charge in [-0.3, -0.25) is 9.59 Å². The van der Waals surface area contributed by atoms with Crippen molar-refractivity contribution < 1.29 is 22.7 Å². The number of carbonyl (C=O) groups is 2. The van der Waals surface area contributed by atoms with Gasteiger partial charge in [-0.15, -0.1) is 0 Å². The van der Waals surface area contributed by atoms with Crippen molar-refractivity contribution in [3.8, 4) is 5.75 Å². The van der Waals surface area contributed by atoms with Crippen LogP contribution in [0.3, 0.4) is 0 Å². The number of sulfone groups is 1. The molecule has 0 saturated carbocycles. The number of piperidine rings is 1. The predicted molar refractivity (Wildman–Crippen MR) is 186 cm³/mol. The number of benzene rings is 2. The number of hydrogen-bond donors (Lipinski definition) is 3. The van der Waals surface area contributed by atoms with Crippen LogP contribution in [0, 0.1) is 6.92 Å². The maximum absolute atomic E-state index is 13.0. The Morgan fingerprint density at radius 1 is 1.04 bits per heavy atom. The Labute approximate surface area is 282 Å². The number of nitrogens with zero attached hydrogens (tertiary/aromatic N) is 3. The second-order valence-corrected chi connectivity index (χ2v) is 15.3. The first-order valence-electron chi connectivity index (χ1n) is 16.0. The summed E-state index contributed by atoms with van der Waals surface area (Å²) in [4.78, 5) is 34.7. The van der Waals surface area contributed by atoms with Crippen LogP contribution in [-0.2, 0) is 19.4 Å². The fourth-order valence-electron chi connectivity index (χ4n) is 5.60.